The minimum atomic E-state index is -0.453. The number of nitrogens with one attached hydrogen (secondary N) is 2. The second kappa shape index (κ2) is 8.26. The second-order valence-corrected chi connectivity index (χ2v) is 9.32. The van der Waals surface area contributed by atoms with Gasteiger partial charge in [-0.3, -0.25) is 9.59 Å². The lowest BCUT2D eigenvalue weighted by atomic mass is 9.68. The van der Waals surface area contributed by atoms with Gasteiger partial charge in [0.05, 0.1) is 7.11 Å². The van der Waals surface area contributed by atoms with E-state index in [9.17, 15) is 9.59 Å². The zero-order chi connectivity index (χ0) is 23.0. The highest BCUT2D eigenvalue weighted by atomic mass is 16.5. The molecule has 4 rings (SSSR count). The molecule has 1 unspecified atom stereocenters. The van der Waals surface area contributed by atoms with Crippen LogP contribution in [0.5, 0.6) is 5.75 Å². The Morgan fingerprint density at radius 2 is 1.84 bits per heavy atom. The Kier molecular flexibility index (Phi) is 5.63. The van der Waals surface area contributed by atoms with Gasteiger partial charge in [-0.1, -0.05) is 32.0 Å². The highest BCUT2D eigenvalue weighted by Crippen LogP contribution is 2.46. The number of nitrogens with zero attached hydrogens (tertiary/aromatic N) is 1. The van der Waals surface area contributed by atoms with Gasteiger partial charge in [-0.25, -0.2) is 4.98 Å². The molecule has 1 aliphatic heterocycles. The van der Waals surface area contributed by atoms with E-state index in [4.69, 9.17) is 4.74 Å². The van der Waals surface area contributed by atoms with E-state index in [1.54, 1.807) is 13.2 Å². The maximum absolute atomic E-state index is 13.5. The number of benzene rings is 1. The predicted octanol–water partition coefficient (Wildman–Crippen LogP) is 4.64. The summed E-state index contributed by atoms with van der Waals surface area (Å²) in [7, 11) is 1.62. The van der Waals surface area contributed by atoms with Crippen molar-refractivity contribution in [2.24, 2.45) is 5.41 Å². The van der Waals surface area contributed by atoms with E-state index in [1.165, 1.54) is 0 Å². The van der Waals surface area contributed by atoms with Crippen LogP contribution in [0.4, 0.5) is 5.82 Å². The topological polar surface area (TPSA) is 80.3 Å². The van der Waals surface area contributed by atoms with E-state index >= 15 is 0 Å². The molecule has 6 nitrogen and oxygen atoms in total. The van der Waals surface area contributed by atoms with Gasteiger partial charge in [-0.15, -0.1) is 0 Å². The molecule has 32 heavy (non-hydrogen) atoms. The summed E-state index contributed by atoms with van der Waals surface area (Å²) in [5.41, 5.74) is 4.45. The maximum Gasteiger partial charge on any atom is 0.255 e. The van der Waals surface area contributed by atoms with Crippen LogP contribution in [-0.2, 0) is 9.59 Å². The molecule has 0 spiro atoms. The van der Waals surface area contributed by atoms with Gasteiger partial charge in [-0.2, -0.15) is 0 Å². The number of hydrogen-bond acceptors (Lipinski definition) is 5. The van der Waals surface area contributed by atoms with Crippen molar-refractivity contribution in [2.75, 3.05) is 12.4 Å². The molecule has 0 fully saturated rings. The molecule has 0 saturated carbocycles. The van der Waals surface area contributed by atoms with Crippen LogP contribution in [0, 0.1) is 12.3 Å². The average Bonchev–Trinajstić information content (AvgIpc) is 2.71. The number of ether oxygens (including phenoxy) is 1. The lowest BCUT2D eigenvalue weighted by Gasteiger charge is -2.39. The second-order valence-electron chi connectivity index (χ2n) is 9.32. The van der Waals surface area contributed by atoms with Gasteiger partial charge in [0.2, 0.25) is 0 Å². The molecule has 2 aliphatic rings. The summed E-state index contributed by atoms with van der Waals surface area (Å²) in [5, 5.41) is 6.31. The summed E-state index contributed by atoms with van der Waals surface area (Å²) in [6, 6.07) is 13.1. The highest BCUT2D eigenvalue weighted by Gasteiger charge is 2.42. The summed E-state index contributed by atoms with van der Waals surface area (Å²) < 4.78 is 5.31. The standard InChI is InChI=1S/C26H29N3O3/c1-15-7-6-8-21(27-15)29-25(31)22-16(2)28-19-13-26(3,4)14-20(30)24(19)23(22)17-9-11-18(32-5)12-10-17/h6-12,23,28H,13-14H2,1-5H3,(H,27,29,31). The monoisotopic (exact) mass is 431 g/mol. The van der Waals surface area contributed by atoms with E-state index in [2.05, 4.69) is 29.5 Å². The highest BCUT2D eigenvalue weighted by molar-refractivity contribution is 6.09. The lowest BCUT2D eigenvalue weighted by Crippen LogP contribution is -2.39. The van der Waals surface area contributed by atoms with Gasteiger partial charge in [-0.05, 0) is 55.5 Å². The van der Waals surface area contributed by atoms with Crippen LogP contribution in [-0.4, -0.2) is 23.8 Å². The zero-order valence-electron chi connectivity index (χ0n) is 19.2. The summed E-state index contributed by atoms with van der Waals surface area (Å²) in [6.07, 6.45) is 1.21. The Bertz CT molecular complexity index is 1140. The SMILES string of the molecule is COc1ccc(C2C(C(=O)Nc3cccc(C)n3)=C(C)NC3=C2C(=O)CC(C)(C)C3)cc1. The Balaban J connectivity index is 1.80. The van der Waals surface area contributed by atoms with Crippen LogP contribution in [0.15, 0.2) is 65.0 Å². The summed E-state index contributed by atoms with van der Waals surface area (Å²) in [4.78, 5) is 31.2. The molecule has 0 bridgehead atoms. The van der Waals surface area contributed by atoms with Crippen LogP contribution >= 0.6 is 0 Å². The summed E-state index contributed by atoms with van der Waals surface area (Å²) >= 11 is 0. The number of carbonyl (C=O) groups excluding carboxylic acids is 2. The number of pyridine rings is 1. The number of anilines is 1. The quantitative estimate of drug-likeness (QED) is 0.737. The number of hydrogen-bond donors (Lipinski definition) is 2. The molecule has 2 N–H and O–H groups in total. The van der Waals surface area contributed by atoms with E-state index in [1.807, 2.05) is 50.2 Å². The van der Waals surface area contributed by atoms with E-state index in [0.29, 0.717) is 23.4 Å². The van der Waals surface area contributed by atoms with Gasteiger partial charge in [0.1, 0.15) is 11.6 Å². The average molecular weight is 432 g/mol. The fourth-order valence-corrected chi connectivity index (χ4v) is 4.66. The number of carbonyl (C=O) groups is 2. The Morgan fingerprint density at radius 1 is 1.12 bits per heavy atom. The van der Waals surface area contributed by atoms with Crippen molar-refractivity contribution in [3.8, 4) is 5.75 Å². The van der Waals surface area contributed by atoms with Crippen molar-refractivity contribution < 1.29 is 14.3 Å². The summed E-state index contributed by atoms with van der Waals surface area (Å²) in [5.74, 6) is 0.572. The fourth-order valence-electron chi connectivity index (χ4n) is 4.66. The van der Waals surface area contributed by atoms with Gasteiger partial charge < -0.3 is 15.4 Å². The molecule has 1 aromatic carbocycles. The fraction of sp³-hybridized carbons (Fsp3) is 0.346. The van der Waals surface area contributed by atoms with E-state index in [-0.39, 0.29) is 17.1 Å². The third kappa shape index (κ3) is 4.17. The molecule has 1 amide bonds. The van der Waals surface area contributed by atoms with Crippen LogP contribution < -0.4 is 15.4 Å². The van der Waals surface area contributed by atoms with E-state index in [0.717, 1.165) is 34.8 Å². The zero-order valence-corrected chi connectivity index (χ0v) is 19.2. The van der Waals surface area contributed by atoms with Crippen molar-refractivity contribution >= 4 is 17.5 Å². The molecule has 1 atom stereocenters. The third-order valence-corrected chi connectivity index (χ3v) is 6.06. The first-order chi connectivity index (χ1) is 15.2. The number of amides is 1. The largest absolute Gasteiger partial charge is 0.497 e. The van der Waals surface area contributed by atoms with Crippen LogP contribution in [0.1, 0.15) is 50.8 Å². The molecule has 0 saturated heterocycles. The smallest absolute Gasteiger partial charge is 0.255 e. The van der Waals surface area contributed by atoms with Gasteiger partial charge in [0.15, 0.2) is 5.78 Å². The van der Waals surface area contributed by atoms with Gasteiger partial charge >= 0.3 is 0 Å². The Hall–Kier alpha value is -3.41. The molecule has 1 aromatic heterocycles. The first-order valence-electron chi connectivity index (χ1n) is 10.8. The minimum Gasteiger partial charge on any atom is -0.497 e. The number of dihydropyridines is 1. The first kappa shape index (κ1) is 21.8. The van der Waals surface area contributed by atoms with E-state index < -0.39 is 5.92 Å². The van der Waals surface area contributed by atoms with Gasteiger partial charge in [0, 0.05) is 40.6 Å². The molecular formula is C26H29N3O3. The summed E-state index contributed by atoms with van der Waals surface area (Å²) in [6.45, 7) is 7.97. The number of aryl methyl sites for hydroxylation is 1. The first-order valence-corrected chi connectivity index (χ1v) is 10.8. The Labute approximate surface area is 188 Å². The van der Waals surface area contributed by atoms with Crippen molar-refractivity contribution in [1.82, 2.24) is 10.3 Å². The molecule has 0 radical (unpaired) electrons. The molecule has 1 aliphatic carbocycles. The van der Waals surface area contributed by atoms with Gasteiger partial charge in [0.25, 0.3) is 5.91 Å². The maximum atomic E-state index is 13.5. The van der Waals surface area contributed by atoms with Crippen LogP contribution in [0.3, 0.4) is 0 Å². The lowest BCUT2D eigenvalue weighted by molar-refractivity contribution is -0.118. The minimum absolute atomic E-state index is 0.0797. The van der Waals surface area contributed by atoms with Crippen molar-refractivity contribution in [3.05, 3.63) is 76.3 Å². The number of rotatable bonds is 4. The van der Waals surface area contributed by atoms with Crippen LogP contribution in [0.2, 0.25) is 0 Å². The molecule has 6 heteroatoms. The van der Waals surface area contributed by atoms with Crippen molar-refractivity contribution in [3.63, 3.8) is 0 Å². The van der Waals surface area contributed by atoms with Crippen molar-refractivity contribution in [2.45, 2.75) is 46.5 Å². The number of Topliss-reactive ketones (excluding diaryl/α,β-unsaturated/α-hetero) is 1. The number of methoxy groups -OCH3 is 1. The normalized spacial score (nSPS) is 19.9. The molecule has 2 aromatic rings. The number of allylic oxidation sites excluding steroid dienone is 3. The third-order valence-electron chi connectivity index (χ3n) is 6.06. The molecular weight excluding hydrogens is 402 g/mol. The van der Waals surface area contributed by atoms with Crippen LogP contribution in [0.25, 0.3) is 0 Å². The van der Waals surface area contributed by atoms with Crippen molar-refractivity contribution in [1.29, 1.82) is 0 Å². The number of ketones is 1. The Morgan fingerprint density at radius 3 is 2.50 bits per heavy atom. The molecule has 2 heterocycles. The molecule has 166 valence electrons. The number of aromatic nitrogens is 1. The predicted molar refractivity (Wildman–Crippen MR) is 124 cm³/mol.